The third-order valence-corrected chi connectivity index (χ3v) is 1.73. The molecule has 0 aromatic carbocycles. The predicted molar refractivity (Wildman–Crippen MR) is 36.6 cm³/mol. The lowest BCUT2D eigenvalue weighted by molar-refractivity contribution is -0.118. The summed E-state index contributed by atoms with van der Waals surface area (Å²) in [4.78, 5) is 16.9. The molecule has 2 heterocycles. The van der Waals surface area contributed by atoms with E-state index >= 15 is 0 Å². The fourth-order valence-electron chi connectivity index (χ4n) is 1.26. The molecule has 0 aromatic rings. The van der Waals surface area contributed by atoms with Crippen molar-refractivity contribution >= 4 is 11.9 Å². The molecule has 0 bridgehead atoms. The van der Waals surface area contributed by atoms with Gasteiger partial charge in [0.2, 0.25) is 11.9 Å². The molecule has 0 atom stereocenters. The van der Waals surface area contributed by atoms with Gasteiger partial charge in [0.15, 0.2) is 0 Å². The van der Waals surface area contributed by atoms with E-state index in [1.165, 1.54) is 0 Å². The summed E-state index contributed by atoms with van der Waals surface area (Å²) in [6.45, 7) is 2.32. The zero-order chi connectivity index (χ0) is 6.97. The van der Waals surface area contributed by atoms with Crippen molar-refractivity contribution in [2.45, 2.75) is 6.42 Å². The highest BCUT2D eigenvalue weighted by molar-refractivity contribution is 6.04. The summed E-state index contributed by atoms with van der Waals surface area (Å²) < 4.78 is 0. The number of hydrogen-bond acceptors (Lipinski definition) is 3. The van der Waals surface area contributed by atoms with E-state index in [1.807, 2.05) is 4.90 Å². The lowest BCUT2D eigenvalue weighted by Gasteiger charge is -2.19. The minimum atomic E-state index is 0.0700. The highest BCUT2D eigenvalue weighted by Crippen LogP contribution is 2.04. The van der Waals surface area contributed by atoms with Crippen LogP contribution in [0.3, 0.4) is 0 Å². The average molecular weight is 139 g/mol. The number of aliphatic imine (C=N–C) groups is 1. The fraction of sp³-hybridized carbons (Fsp3) is 0.667. The van der Waals surface area contributed by atoms with E-state index in [2.05, 4.69) is 10.3 Å². The van der Waals surface area contributed by atoms with Crippen LogP contribution in [0.1, 0.15) is 6.42 Å². The van der Waals surface area contributed by atoms with Crippen LogP contribution in [0.15, 0.2) is 4.99 Å². The number of carbonyl (C=O) groups excluding carboxylic acids is 1. The topological polar surface area (TPSA) is 44.7 Å². The molecule has 1 fully saturated rings. The van der Waals surface area contributed by atoms with Gasteiger partial charge >= 0.3 is 0 Å². The van der Waals surface area contributed by atoms with E-state index in [-0.39, 0.29) is 5.91 Å². The Morgan fingerprint density at radius 2 is 2.50 bits per heavy atom. The molecule has 0 aromatic heterocycles. The summed E-state index contributed by atoms with van der Waals surface area (Å²) in [5.41, 5.74) is 0. The van der Waals surface area contributed by atoms with E-state index in [0.717, 1.165) is 25.5 Å². The largest absolute Gasteiger partial charge is 0.333 e. The molecule has 54 valence electrons. The molecular weight excluding hydrogens is 130 g/mol. The van der Waals surface area contributed by atoms with Gasteiger partial charge in [-0.1, -0.05) is 0 Å². The maximum absolute atomic E-state index is 10.8. The van der Waals surface area contributed by atoms with Crippen LogP contribution in [-0.2, 0) is 4.79 Å². The zero-order valence-electron chi connectivity index (χ0n) is 5.63. The summed E-state index contributed by atoms with van der Waals surface area (Å²) >= 11 is 0. The van der Waals surface area contributed by atoms with Crippen LogP contribution in [-0.4, -0.2) is 36.4 Å². The lowest BCUT2D eigenvalue weighted by atomic mass is 10.3. The standard InChI is InChI=1S/C6H9N3O/c10-5-4-9-3-1-2-7-6(9)8-5/h1-4H2,(H,7,8,10). The minimum absolute atomic E-state index is 0.0700. The fourth-order valence-corrected chi connectivity index (χ4v) is 1.26. The van der Waals surface area contributed by atoms with Crippen molar-refractivity contribution in [1.29, 1.82) is 0 Å². The van der Waals surface area contributed by atoms with Crippen LogP contribution in [0.25, 0.3) is 0 Å². The Labute approximate surface area is 58.9 Å². The second kappa shape index (κ2) is 1.97. The van der Waals surface area contributed by atoms with Gasteiger partial charge in [-0.25, -0.2) is 0 Å². The second-order valence-electron chi connectivity index (χ2n) is 2.53. The summed E-state index contributed by atoms with van der Waals surface area (Å²) in [5.74, 6) is 0.844. The van der Waals surface area contributed by atoms with Crippen molar-refractivity contribution < 1.29 is 4.79 Å². The number of rotatable bonds is 0. The highest BCUT2D eigenvalue weighted by Gasteiger charge is 2.25. The van der Waals surface area contributed by atoms with E-state index in [1.54, 1.807) is 0 Å². The monoisotopic (exact) mass is 139 g/mol. The molecule has 1 amide bonds. The van der Waals surface area contributed by atoms with E-state index in [0.29, 0.717) is 6.54 Å². The van der Waals surface area contributed by atoms with Gasteiger partial charge in [0, 0.05) is 13.1 Å². The molecule has 0 aliphatic carbocycles. The Morgan fingerprint density at radius 3 is 3.30 bits per heavy atom. The van der Waals surface area contributed by atoms with Gasteiger partial charge in [-0.2, -0.15) is 0 Å². The van der Waals surface area contributed by atoms with Crippen molar-refractivity contribution in [2.75, 3.05) is 19.6 Å². The first-order valence-electron chi connectivity index (χ1n) is 3.45. The number of carbonyl (C=O) groups is 1. The van der Waals surface area contributed by atoms with Crippen LogP contribution >= 0.6 is 0 Å². The summed E-state index contributed by atoms with van der Waals surface area (Å²) in [6.07, 6.45) is 1.07. The Bertz CT molecular complexity index is 199. The Kier molecular flexibility index (Phi) is 1.12. The number of amides is 1. The van der Waals surface area contributed by atoms with Crippen LogP contribution < -0.4 is 5.32 Å². The normalized spacial score (nSPS) is 23.8. The van der Waals surface area contributed by atoms with Gasteiger partial charge in [-0.3, -0.25) is 15.1 Å². The van der Waals surface area contributed by atoms with Crippen molar-refractivity contribution in [2.24, 2.45) is 4.99 Å². The summed E-state index contributed by atoms with van der Waals surface area (Å²) in [5, 5.41) is 2.69. The van der Waals surface area contributed by atoms with Crippen molar-refractivity contribution in [3.63, 3.8) is 0 Å². The van der Waals surface area contributed by atoms with Crippen LogP contribution in [0.2, 0.25) is 0 Å². The van der Waals surface area contributed by atoms with Crippen LogP contribution in [0, 0.1) is 0 Å². The first-order chi connectivity index (χ1) is 4.86. The zero-order valence-corrected chi connectivity index (χ0v) is 5.63. The van der Waals surface area contributed by atoms with Gasteiger partial charge in [-0.15, -0.1) is 0 Å². The van der Waals surface area contributed by atoms with Crippen LogP contribution in [0.5, 0.6) is 0 Å². The van der Waals surface area contributed by atoms with Crippen LogP contribution in [0.4, 0.5) is 0 Å². The molecule has 10 heavy (non-hydrogen) atoms. The molecule has 0 unspecified atom stereocenters. The van der Waals surface area contributed by atoms with E-state index < -0.39 is 0 Å². The Hall–Kier alpha value is -1.06. The van der Waals surface area contributed by atoms with Crippen molar-refractivity contribution in [3.05, 3.63) is 0 Å². The molecule has 2 aliphatic rings. The summed E-state index contributed by atoms with van der Waals surface area (Å²) in [6, 6.07) is 0. The number of nitrogens with zero attached hydrogens (tertiary/aromatic N) is 2. The first-order valence-corrected chi connectivity index (χ1v) is 3.45. The Morgan fingerprint density at radius 1 is 1.60 bits per heavy atom. The third-order valence-electron chi connectivity index (χ3n) is 1.73. The maximum atomic E-state index is 10.8. The van der Waals surface area contributed by atoms with Gasteiger partial charge in [0.25, 0.3) is 0 Å². The van der Waals surface area contributed by atoms with Gasteiger partial charge < -0.3 is 4.90 Å². The SMILES string of the molecule is O=C1CN2CCCN=C2N1. The minimum Gasteiger partial charge on any atom is -0.333 e. The van der Waals surface area contributed by atoms with Crippen molar-refractivity contribution in [1.82, 2.24) is 10.2 Å². The molecule has 0 spiro atoms. The maximum Gasteiger partial charge on any atom is 0.246 e. The van der Waals surface area contributed by atoms with Gasteiger partial charge in [0.05, 0.1) is 0 Å². The molecule has 2 aliphatic heterocycles. The van der Waals surface area contributed by atoms with E-state index in [4.69, 9.17) is 0 Å². The van der Waals surface area contributed by atoms with Gasteiger partial charge in [0.1, 0.15) is 6.54 Å². The molecule has 4 heteroatoms. The third kappa shape index (κ3) is 0.761. The van der Waals surface area contributed by atoms with E-state index in [9.17, 15) is 4.79 Å². The molecule has 0 saturated carbocycles. The lowest BCUT2D eigenvalue weighted by Crippen LogP contribution is -2.34. The van der Waals surface area contributed by atoms with Crippen molar-refractivity contribution in [3.8, 4) is 0 Å². The average Bonchev–Trinajstić information content (AvgIpc) is 2.27. The molecule has 4 nitrogen and oxygen atoms in total. The molecule has 0 radical (unpaired) electrons. The van der Waals surface area contributed by atoms with Gasteiger partial charge in [-0.05, 0) is 6.42 Å². The number of guanidine groups is 1. The first kappa shape index (κ1) is 5.70. The summed E-state index contributed by atoms with van der Waals surface area (Å²) in [7, 11) is 0. The Balaban J connectivity index is 2.20. The predicted octanol–water partition coefficient (Wildman–Crippen LogP) is -0.822. The smallest absolute Gasteiger partial charge is 0.246 e. The number of hydrogen-bond donors (Lipinski definition) is 1. The number of nitrogens with one attached hydrogen (secondary N) is 1. The second-order valence-corrected chi connectivity index (χ2v) is 2.53. The molecule has 2 rings (SSSR count). The highest BCUT2D eigenvalue weighted by atomic mass is 16.2. The molecule has 1 N–H and O–H groups in total. The number of fused-ring (bicyclic) bond motifs is 1. The molecular formula is C6H9N3O. The quantitative estimate of drug-likeness (QED) is 0.476. The molecule has 1 saturated heterocycles.